The Balaban J connectivity index is 2.04. The molecule has 2 N–H and O–H groups in total. The van der Waals surface area contributed by atoms with E-state index in [1.165, 1.54) is 5.56 Å². The van der Waals surface area contributed by atoms with Crippen LogP contribution in [0.3, 0.4) is 0 Å². The summed E-state index contributed by atoms with van der Waals surface area (Å²) in [6.45, 7) is 8.49. The molecule has 114 valence electrons. The molecule has 0 bridgehead atoms. The molecule has 0 radical (unpaired) electrons. The monoisotopic (exact) mass is 289 g/mol. The van der Waals surface area contributed by atoms with Gasteiger partial charge in [0.25, 0.3) is 0 Å². The maximum Gasteiger partial charge on any atom is 0.315 e. The third-order valence-electron chi connectivity index (χ3n) is 3.73. The highest BCUT2D eigenvalue weighted by atomic mass is 16.2. The van der Waals surface area contributed by atoms with E-state index in [1.807, 2.05) is 45.9 Å². The Morgan fingerprint density at radius 2 is 2.00 bits per heavy atom. The van der Waals surface area contributed by atoms with Gasteiger partial charge in [-0.25, -0.2) is 4.79 Å². The molecule has 0 unspecified atom stereocenters. The Bertz CT molecular complexity index is 554. The van der Waals surface area contributed by atoms with E-state index in [0.29, 0.717) is 13.0 Å². The molecule has 3 amide bonds. The molecule has 1 aliphatic heterocycles. The summed E-state index contributed by atoms with van der Waals surface area (Å²) >= 11 is 0. The van der Waals surface area contributed by atoms with E-state index in [4.69, 9.17) is 0 Å². The number of benzene rings is 1. The molecule has 1 aromatic rings. The number of amides is 3. The third-order valence-corrected chi connectivity index (χ3v) is 3.73. The molecule has 1 saturated heterocycles. The lowest BCUT2D eigenvalue weighted by Crippen LogP contribution is -2.47. The van der Waals surface area contributed by atoms with Crippen LogP contribution < -0.4 is 15.5 Å². The lowest BCUT2D eigenvalue weighted by atomic mass is 10.1. The van der Waals surface area contributed by atoms with Gasteiger partial charge in [-0.2, -0.15) is 0 Å². The summed E-state index contributed by atoms with van der Waals surface area (Å²) < 4.78 is 0. The Hall–Kier alpha value is -2.04. The first-order valence-electron chi connectivity index (χ1n) is 7.34. The fourth-order valence-corrected chi connectivity index (χ4v) is 2.43. The van der Waals surface area contributed by atoms with Crippen molar-refractivity contribution in [1.82, 2.24) is 10.6 Å². The zero-order chi connectivity index (χ0) is 15.6. The number of aryl methyl sites for hydroxylation is 2. The lowest BCUT2D eigenvalue weighted by Gasteiger charge is -2.19. The standard InChI is InChI=1S/C16H23N3O2/c1-10(2)17-16(21)18-14-7-8-19(15(14)20)13-6-5-11(3)12(4)9-13/h5-6,9-10,14H,7-8H2,1-4H3,(H2,17,18,21)/t14-/m0/s1. The van der Waals surface area contributed by atoms with Crippen molar-refractivity contribution in [3.8, 4) is 0 Å². The number of nitrogens with zero attached hydrogens (tertiary/aromatic N) is 1. The van der Waals surface area contributed by atoms with Crippen LogP contribution in [0.25, 0.3) is 0 Å². The van der Waals surface area contributed by atoms with Crippen molar-refractivity contribution in [3.63, 3.8) is 0 Å². The van der Waals surface area contributed by atoms with Crippen LogP contribution in [-0.4, -0.2) is 30.6 Å². The fraction of sp³-hybridized carbons (Fsp3) is 0.500. The summed E-state index contributed by atoms with van der Waals surface area (Å²) in [5.41, 5.74) is 3.27. The Labute approximate surface area is 125 Å². The van der Waals surface area contributed by atoms with Gasteiger partial charge >= 0.3 is 6.03 Å². The molecular weight excluding hydrogens is 266 g/mol. The second kappa shape index (κ2) is 6.16. The Morgan fingerprint density at radius 1 is 1.29 bits per heavy atom. The fourth-order valence-electron chi connectivity index (χ4n) is 2.43. The topological polar surface area (TPSA) is 61.4 Å². The van der Waals surface area contributed by atoms with Gasteiger partial charge in [0, 0.05) is 18.3 Å². The molecule has 5 heteroatoms. The molecule has 0 saturated carbocycles. The smallest absolute Gasteiger partial charge is 0.315 e. The van der Waals surface area contributed by atoms with Gasteiger partial charge in [-0.15, -0.1) is 0 Å². The molecule has 2 rings (SSSR count). The third kappa shape index (κ3) is 3.54. The van der Waals surface area contributed by atoms with Crippen LogP contribution in [0.15, 0.2) is 18.2 Å². The second-order valence-electron chi connectivity index (χ2n) is 5.87. The number of carbonyl (C=O) groups excluding carboxylic acids is 2. The van der Waals surface area contributed by atoms with Crippen molar-refractivity contribution in [1.29, 1.82) is 0 Å². The highest BCUT2D eigenvalue weighted by Crippen LogP contribution is 2.24. The minimum Gasteiger partial charge on any atom is -0.336 e. The van der Waals surface area contributed by atoms with Crippen molar-refractivity contribution >= 4 is 17.6 Å². The molecule has 0 aromatic heterocycles. The van der Waals surface area contributed by atoms with E-state index in [9.17, 15) is 9.59 Å². The van der Waals surface area contributed by atoms with Gasteiger partial charge < -0.3 is 15.5 Å². The van der Waals surface area contributed by atoms with Gasteiger partial charge in [-0.1, -0.05) is 6.07 Å². The van der Waals surface area contributed by atoms with Gasteiger partial charge in [0.2, 0.25) is 5.91 Å². The first-order valence-corrected chi connectivity index (χ1v) is 7.34. The normalized spacial score (nSPS) is 18.2. The zero-order valence-corrected chi connectivity index (χ0v) is 13.1. The van der Waals surface area contributed by atoms with Gasteiger partial charge in [0.1, 0.15) is 6.04 Å². The highest BCUT2D eigenvalue weighted by Gasteiger charge is 2.33. The SMILES string of the molecule is Cc1ccc(N2CC[C@H](NC(=O)NC(C)C)C2=O)cc1C. The van der Waals surface area contributed by atoms with Crippen molar-refractivity contribution in [2.75, 3.05) is 11.4 Å². The van der Waals surface area contributed by atoms with E-state index >= 15 is 0 Å². The molecule has 0 spiro atoms. The van der Waals surface area contributed by atoms with E-state index in [2.05, 4.69) is 10.6 Å². The molecule has 1 aromatic carbocycles. The average Bonchev–Trinajstić information content (AvgIpc) is 2.74. The predicted octanol–water partition coefficient (Wildman–Crippen LogP) is 2.12. The van der Waals surface area contributed by atoms with Crippen molar-refractivity contribution in [2.24, 2.45) is 0 Å². The van der Waals surface area contributed by atoms with E-state index in [-0.39, 0.29) is 18.0 Å². The summed E-state index contributed by atoms with van der Waals surface area (Å²) in [6.07, 6.45) is 0.636. The van der Waals surface area contributed by atoms with Crippen LogP contribution in [0.1, 0.15) is 31.4 Å². The summed E-state index contributed by atoms with van der Waals surface area (Å²) in [7, 11) is 0. The zero-order valence-electron chi connectivity index (χ0n) is 13.1. The Morgan fingerprint density at radius 3 is 2.62 bits per heavy atom. The quantitative estimate of drug-likeness (QED) is 0.895. The highest BCUT2D eigenvalue weighted by molar-refractivity contribution is 6.01. The maximum absolute atomic E-state index is 12.4. The van der Waals surface area contributed by atoms with Crippen LogP contribution in [0, 0.1) is 13.8 Å². The van der Waals surface area contributed by atoms with E-state index < -0.39 is 6.04 Å². The number of nitrogens with one attached hydrogen (secondary N) is 2. The van der Waals surface area contributed by atoms with Gasteiger partial charge in [0.05, 0.1) is 0 Å². The maximum atomic E-state index is 12.4. The number of anilines is 1. The van der Waals surface area contributed by atoms with Crippen molar-refractivity contribution < 1.29 is 9.59 Å². The van der Waals surface area contributed by atoms with Crippen LogP contribution in [0.2, 0.25) is 0 Å². The molecule has 1 atom stereocenters. The van der Waals surface area contributed by atoms with Crippen LogP contribution in [0.5, 0.6) is 0 Å². The molecule has 0 aliphatic carbocycles. The molecule has 1 fully saturated rings. The number of hydrogen-bond donors (Lipinski definition) is 2. The number of rotatable bonds is 3. The minimum atomic E-state index is -0.439. The molecule has 1 heterocycles. The Kier molecular flexibility index (Phi) is 4.50. The summed E-state index contributed by atoms with van der Waals surface area (Å²) in [6, 6.07) is 5.32. The molecular formula is C16H23N3O2. The average molecular weight is 289 g/mol. The summed E-state index contributed by atoms with van der Waals surface area (Å²) in [5, 5.41) is 5.49. The van der Waals surface area contributed by atoms with Crippen molar-refractivity contribution in [3.05, 3.63) is 29.3 Å². The predicted molar refractivity (Wildman–Crippen MR) is 83.5 cm³/mol. The molecule has 21 heavy (non-hydrogen) atoms. The van der Waals surface area contributed by atoms with Crippen molar-refractivity contribution in [2.45, 2.75) is 46.2 Å². The van der Waals surface area contributed by atoms with Gasteiger partial charge in [0.15, 0.2) is 0 Å². The molecule has 5 nitrogen and oxygen atoms in total. The van der Waals surface area contributed by atoms with E-state index in [0.717, 1.165) is 11.3 Å². The molecule has 1 aliphatic rings. The minimum absolute atomic E-state index is 0.0443. The van der Waals surface area contributed by atoms with Crippen LogP contribution >= 0.6 is 0 Å². The summed E-state index contributed by atoms with van der Waals surface area (Å²) in [4.78, 5) is 25.9. The first kappa shape index (κ1) is 15.4. The lowest BCUT2D eigenvalue weighted by molar-refractivity contribution is -0.118. The van der Waals surface area contributed by atoms with Crippen LogP contribution in [-0.2, 0) is 4.79 Å². The largest absolute Gasteiger partial charge is 0.336 e. The second-order valence-corrected chi connectivity index (χ2v) is 5.87. The van der Waals surface area contributed by atoms with Gasteiger partial charge in [-0.05, 0) is 57.4 Å². The number of hydrogen-bond acceptors (Lipinski definition) is 2. The number of carbonyl (C=O) groups is 2. The first-order chi connectivity index (χ1) is 9.88. The summed E-state index contributed by atoms with van der Waals surface area (Å²) in [5.74, 6) is -0.0443. The van der Waals surface area contributed by atoms with Crippen LogP contribution in [0.4, 0.5) is 10.5 Å². The van der Waals surface area contributed by atoms with E-state index in [1.54, 1.807) is 4.90 Å². The number of urea groups is 1. The van der Waals surface area contributed by atoms with Gasteiger partial charge in [-0.3, -0.25) is 4.79 Å².